The zero-order valence-electron chi connectivity index (χ0n) is 10.1. The first-order valence-electron chi connectivity index (χ1n) is 6.21. The number of hydrogen-bond acceptors (Lipinski definition) is 2. The largest absolute Gasteiger partial charge is 0.316 e. The van der Waals surface area contributed by atoms with Crippen molar-refractivity contribution in [2.24, 2.45) is 11.8 Å². The first kappa shape index (κ1) is 12.0. The smallest absolute Gasteiger partial charge is 0.00105 e. The first-order chi connectivity index (χ1) is 6.77. The van der Waals surface area contributed by atoms with E-state index in [1.54, 1.807) is 0 Å². The van der Waals surface area contributed by atoms with Gasteiger partial charge in [0.1, 0.15) is 0 Å². The summed E-state index contributed by atoms with van der Waals surface area (Å²) in [4.78, 5) is 2.60. The van der Waals surface area contributed by atoms with E-state index in [2.05, 4.69) is 31.0 Å². The van der Waals surface area contributed by atoms with Crippen molar-refractivity contribution >= 4 is 0 Å². The molecule has 2 nitrogen and oxygen atoms in total. The third kappa shape index (κ3) is 3.58. The Balaban J connectivity index is 2.16. The summed E-state index contributed by atoms with van der Waals surface area (Å²) < 4.78 is 0. The highest BCUT2D eigenvalue weighted by Gasteiger charge is 2.24. The van der Waals surface area contributed by atoms with E-state index >= 15 is 0 Å². The summed E-state index contributed by atoms with van der Waals surface area (Å²) in [5.74, 6) is 1.80. The van der Waals surface area contributed by atoms with Gasteiger partial charge in [0.15, 0.2) is 0 Å². The minimum absolute atomic E-state index is 0.869. The van der Waals surface area contributed by atoms with E-state index in [9.17, 15) is 0 Å². The summed E-state index contributed by atoms with van der Waals surface area (Å²) in [5, 5.41) is 3.36. The molecule has 84 valence electrons. The number of hydrogen-bond donors (Lipinski definition) is 1. The van der Waals surface area contributed by atoms with Gasteiger partial charge in [-0.3, -0.25) is 0 Å². The van der Waals surface area contributed by atoms with Crippen LogP contribution in [0.4, 0.5) is 0 Å². The fourth-order valence-corrected chi connectivity index (χ4v) is 2.03. The summed E-state index contributed by atoms with van der Waals surface area (Å²) in [6.07, 6.45) is 2.67. The Morgan fingerprint density at radius 2 is 2.07 bits per heavy atom. The molecule has 0 aromatic heterocycles. The van der Waals surface area contributed by atoms with E-state index in [1.165, 1.54) is 45.6 Å². The lowest BCUT2D eigenvalue weighted by Crippen LogP contribution is -2.48. The number of nitrogens with one attached hydrogen (secondary N) is 1. The molecule has 0 radical (unpaired) electrons. The molecule has 1 saturated heterocycles. The van der Waals surface area contributed by atoms with Gasteiger partial charge in [0.05, 0.1) is 0 Å². The average molecular weight is 198 g/mol. The van der Waals surface area contributed by atoms with Crippen LogP contribution in [0.15, 0.2) is 0 Å². The van der Waals surface area contributed by atoms with Crippen LogP contribution in [-0.4, -0.2) is 37.6 Å². The highest BCUT2D eigenvalue weighted by atomic mass is 15.1. The van der Waals surface area contributed by atoms with Gasteiger partial charge in [-0.15, -0.1) is 0 Å². The first-order valence-corrected chi connectivity index (χ1v) is 6.21. The highest BCUT2D eigenvalue weighted by Crippen LogP contribution is 2.17. The minimum Gasteiger partial charge on any atom is -0.316 e. The van der Waals surface area contributed by atoms with Crippen LogP contribution in [0.3, 0.4) is 0 Å². The van der Waals surface area contributed by atoms with Crippen LogP contribution in [0.1, 0.15) is 33.6 Å². The Kier molecular flexibility index (Phi) is 5.49. The number of unbranched alkanes of at least 4 members (excludes halogenated alkanes) is 1. The van der Waals surface area contributed by atoms with Crippen molar-refractivity contribution in [1.82, 2.24) is 10.2 Å². The van der Waals surface area contributed by atoms with Crippen molar-refractivity contribution in [3.63, 3.8) is 0 Å². The van der Waals surface area contributed by atoms with Crippen molar-refractivity contribution in [2.75, 3.05) is 32.7 Å². The summed E-state index contributed by atoms with van der Waals surface area (Å²) in [7, 11) is 0. The van der Waals surface area contributed by atoms with Crippen LogP contribution in [0.2, 0.25) is 0 Å². The molecule has 1 aliphatic heterocycles. The van der Waals surface area contributed by atoms with Crippen LogP contribution in [0.5, 0.6) is 0 Å². The van der Waals surface area contributed by atoms with Gasteiger partial charge in [-0.1, -0.05) is 27.2 Å². The summed E-state index contributed by atoms with van der Waals surface area (Å²) in [6.45, 7) is 13.2. The molecule has 1 unspecified atom stereocenters. The normalized spacial score (nSPS) is 19.7. The predicted molar refractivity (Wildman–Crippen MR) is 62.5 cm³/mol. The Labute approximate surface area is 89.1 Å². The topological polar surface area (TPSA) is 15.3 Å². The summed E-state index contributed by atoms with van der Waals surface area (Å²) >= 11 is 0. The van der Waals surface area contributed by atoms with Gasteiger partial charge in [0.25, 0.3) is 0 Å². The maximum absolute atomic E-state index is 3.36. The maximum atomic E-state index is 3.36. The van der Waals surface area contributed by atoms with Crippen molar-refractivity contribution in [3.05, 3.63) is 0 Å². The zero-order chi connectivity index (χ0) is 10.4. The molecule has 2 heteroatoms. The molecular formula is C12H26N2. The molecule has 0 spiro atoms. The van der Waals surface area contributed by atoms with Crippen molar-refractivity contribution < 1.29 is 0 Å². The van der Waals surface area contributed by atoms with Gasteiger partial charge in [0.2, 0.25) is 0 Å². The molecule has 1 aliphatic rings. The molecule has 0 aromatic carbocycles. The van der Waals surface area contributed by atoms with Crippen LogP contribution in [-0.2, 0) is 0 Å². The second kappa shape index (κ2) is 6.41. The van der Waals surface area contributed by atoms with Crippen LogP contribution >= 0.6 is 0 Å². The Morgan fingerprint density at radius 1 is 1.36 bits per heavy atom. The van der Waals surface area contributed by atoms with Crippen LogP contribution < -0.4 is 5.32 Å². The molecule has 0 saturated carbocycles. The highest BCUT2D eigenvalue weighted by molar-refractivity contribution is 4.80. The molecule has 1 rings (SSSR count). The molecule has 1 atom stereocenters. The third-order valence-corrected chi connectivity index (χ3v) is 3.44. The summed E-state index contributed by atoms with van der Waals surface area (Å²) in [6, 6.07) is 0. The molecule has 1 N–H and O–H groups in total. The minimum atomic E-state index is 0.869. The van der Waals surface area contributed by atoms with Crippen molar-refractivity contribution in [2.45, 2.75) is 33.6 Å². The van der Waals surface area contributed by atoms with Crippen molar-refractivity contribution in [3.8, 4) is 0 Å². The fourth-order valence-electron chi connectivity index (χ4n) is 2.03. The van der Waals surface area contributed by atoms with E-state index in [4.69, 9.17) is 0 Å². The third-order valence-electron chi connectivity index (χ3n) is 3.44. The Hall–Kier alpha value is -0.0800. The molecule has 0 amide bonds. The van der Waals surface area contributed by atoms with E-state index < -0.39 is 0 Å². The standard InChI is InChI=1S/C12H26N2/c1-4-6-7-14(5-2)10-11(3)12-8-13-9-12/h11-13H,4-10H2,1-3H3. The second-order valence-electron chi connectivity index (χ2n) is 4.64. The molecule has 0 aliphatic carbocycles. The Morgan fingerprint density at radius 3 is 2.50 bits per heavy atom. The average Bonchev–Trinajstić information content (AvgIpc) is 2.09. The maximum Gasteiger partial charge on any atom is 0.00105 e. The molecule has 1 fully saturated rings. The summed E-state index contributed by atoms with van der Waals surface area (Å²) in [5.41, 5.74) is 0. The van der Waals surface area contributed by atoms with Crippen LogP contribution in [0.25, 0.3) is 0 Å². The SMILES string of the molecule is CCCCN(CC)CC(C)C1CNC1. The van der Waals surface area contributed by atoms with Crippen molar-refractivity contribution in [1.29, 1.82) is 0 Å². The van der Waals surface area contributed by atoms with Gasteiger partial charge >= 0.3 is 0 Å². The van der Waals surface area contributed by atoms with E-state index in [1.807, 2.05) is 0 Å². The predicted octanol–water partition coefficient (Wildman–Crippen LogP) is 1.96. The lowest BCUT2D eigenvalue weighted by molar-refractivity contribution is 0.169. The molecular weight excluding hydrogens is 172 g/mol. The van der Waals surface area contributed by atoms with Gasteiger partial charge in [-0.05, 0) is 44.4 Å². The molecule has 0 bridgehead atoms. The van der Waals surface area contributed by atoms with E-state index in [-0.39, 0.29) is 0 Å². The lowest BCUT2D eigenvalue weighted by Gasteiger charge is -2.35. The number of nitrogens with zero attached hydrogens (tertiary/aromatic N) is 1. The zero-order valence-corrected chi connectivity index (χ0v) is 10.1. The van der Waals surface area contributed by atoms with Gasteiger partial charge in [-0.25, -0.2) is 0 Å². The molecule has 14 heavy (non-hydrogen) atoms. The van der Waals surface area contributed by atoms with Gasteiger partial charge < -0.3 is 10.2 Å². The van der Waals surface area contributed by atoms with Crippen LogP contribution in [0, 0.1) is 11.8 Å². The Bertz CT molecular complexity index is 143. The van der Waals surface area contributed by atoms with Gasteiger partial charge in [0, 0.05) is 6.54 Å². The quantitative estimate of drug-likeness (QED) is 0.673. The fraction of sp³-hybridized carbons (Fsp3) is 1.00. The lowest BCUT2D eigenvalue weighted by atomic mass is 9.88. The molecule has 0 aromatic rings. The second-order valence-corrected chi connectivity index (χ2v) is 4.64. The monoisotopic (exact) mass is 198 g/mol. The molecule has 1 heterocycles. The van der Waals surface area contributed by atoms with E-state index in [0.717, 1.165) is 11.8 Å². The number of rotatable bonds is 7. The van der Waals surface area contributed by atoms with Gasteiger partial charge in [-0.2, -0.15) is 0 Å². The van der Waals surface area contributed by atoms with E-state index in [0.29, 0.717) is 0 Å².